The molecule has 0 saturated carbocycles. The number of phosphoric ester groups is 2. The Hall–Kier alpha value is -1.94. The molecule has 0 amide bonds. The Bertz CT molecular complexity index is 1930. The number of carbonyl (C=O) groups excluding carboxylic acids is 4. The van der Waals surface area contributed by atoms with Gasteiger partial charge in [0.05, 0.1) is 26.4 Å². The van der Waals surface area contributed by atoms with Crippen molar-refractivity contribution in [1.82, 2.24) is 0 Å². The zero-order valence-electron chi connectivity index (χ0n) is 66.1. The predicted molar refractivity (Wildman–Crippen MR) is 414 cm³/mol. The highest BCUT2D eigenvalue weighted by atomic mass is 31.2. The Balaban J connectivity index is 5.23. The molecule has 0 aliphatic carbocycles. The Kier molecular flexibility index (Phi) is 73.5. The maximum absolute atomic E-state index is 13.1. The molecule has 0 saturated heterocycles. The second-order valence-corrected chi connectivity index (χ2v) is 32.7. The van der Waals surface area contributed by atoms with Crippen LogP contribution in [0.5, 0.6) is 0 Å². The smallest absolute Gasteiger partial charge is 0.462 e. The summed E-state index contributed by atoms with van der Waals surface area (Å²) in [7, 11) is -9.92. The van der Waals surface area contributed by atoms with E-state index in [0.717, 1.165) is 95.8 Å². The van der Waals surface area contributed by atoms with E-state index >= 15 is 0 Å². The average Bonchev–Trinajstić information content (AvgIpc) is 1.00. The van der Waals surface area contributed by atoms with Crippen LogP contribution in [0.3, 0.4) is 0 Å². The van der Waals surface area contributed by atoms with Crippen LogP contribution in [0.4, 0.5) is 0 Å². The molecule has 0 aromatic heterocycles. The minimum Gasteiger partial charge on any atom is -0.462 e. The molecule has 101 heavy (non-hydrogen) atoms. The second kappa shape index (κ2) is 74.9. The van der Waals surface area contributed by atoms with E-state index < -0.39 is 97.5 Å². The van der Waals surface area contributed by atoms with Gasteiger partial charge in [0.1, 0.15) is 19.3 Å². The molecule has 0 aliphatic heterocycles. The van der Waals surface area contributed by atoms with Crippen LogP contribution in [0, 0.1) is 5.92 Å². The van der Waals surface area contributed by atoms with Crippen LogP contribution < -0.4 is 0 Å². The van der Waals surface area contributed by atoms with Gasteiger partial charge in [0.2, 0.25) is 0 Å². The number of hydrogen-bond acceptors (Lipinski definition) is 15. The number of hydrogen-bond donors (Lipinski definition) is 3. The first-order valence-electron chi connectivity index (χ1n) is 42.7. The molecule has 3 unspecified atom stereocenters. The molecule has 0 aliphatic rings. The van der Waals surface area contributed by atoms with E-state index in [4.69, 9.17) is 37.0 Å². The summed E-state index contributed by atoms with van der Waals surface area (Å²) in [5, 5.41) is 10.6. The van der Waals surface area contributed by atoms with Crippen molar-refractivity contribution in [2.45, 2.75) is 457 Å². The lowest BCUT2D eigenvalue weighted by Gasteiger charge is -2.21. The number of phosphoric acid groups is 2. The molecule has 19 heteroatoms. The quantitative estimate of drug-likeness (QED) is 0.0222. The first-order chi connectivity index (χ1) is 49.1. The molecule has 0 aromatic rings. The highest BCUT2D eigenvalue weighted by molar-refractivity contribution is 7.47. The molecular weight excluding hydrogens is 1320 g/mol. The van der Waals surface area contributed by atoms with Crippen molar-refractivity contribution in [3.63, 3.8) is 0 Å². The fourth-order valence-electron chi connectivity index (χ4n) is 12.7. The molecule has 0 spiro atoms. The minimum atomic E-state index is -4.96. The third-order valence-corrected chi connectivity index (χ3v) is 21.5. The SMILES string of the molecule is CCCCCCCCCCCCCCCCCCCCCCC(=O)O[C@H](COC(=O)CCCCCCCCCCCCCCCCC(C)CC)COP(=O)(O)OC[C@@H](O)COP(=O)(O)OC[C@@H](COC(=O)CCCCCCCCCCCCC)OC(=O)CCCCCCCCCCCCCC. The summed E-state index contributed by atoms with van der Waals surface area (Å²) in [5.74, 6) is -1.25. The van der Waals surface area contributed by atoms with Gasteiger partial charge in [0.15, 0.2) is 12.2 Å². The number of unbranched alkanes of at least 4 members (excludes halogenated alkanes) is 53. The summed E-state index contributed by atoms with van der Waals surface area (Å²) in [6, 6.07) is 0. The van der Waals surface area contributed by atoms with Crippen molar-refractivity contribution in [1.29, 1.82) is 0 Å². The predicted octanol–water partition coefficient (Wildman–Crippen LogP) is 24.8. The van der Waals surface area contributed by atoms with Crippen LogP contribution in [0.2, 0.25) is 0 Å². The zero-order valence-corrected chi connectivity index (χ0v) is 67.8. The zero-order chi connectivity index (χ0) is 74.1. The lowest BCUT2D eigenvalue weighted by atomic mass is 9.99. The van der Waals surface area contributed by atoms with E-state index in [-0.39, 0.29) is 25.7 Å². The summed E-state index contributed by atoms with van der Waals surface area (Å²) in [5.41, 5.74) is 0. The third kappa shape index (κ3) is 74.7. The van der Waals surface area contributed by atoms with Crippen molar-refractivity contribution in [3.8, 4) is 0 Å². The lowest BCUT2D eigenvalue weighted by Crippen LogP contribution is -2.30. The highest BCUT2D eigenvalue weighted by Gasteiger charge is 2.30. The minimum absolute atomic E-state index is 0.108. The average molecular weight is 1480 g/mol. The molecule has 17 nitrogen and oxygen atoms in total. The maximum atomic E-state index is 13.1. The normalized spacial score (nSPS) is 14.1. The Morgan fingerprint density at radius 3 is 0.703 bits per heavy atom. The van der Waals surface area contributed by atoms with Crippen LogP contribution >= 0.6 is 15.6 Å². The molecule has 0 radical (unpaired) electrons. The number of aliphatic hydroxyl groups is 1. The van der Waals surface area contributed by atoms with Crippen molar-refractivity contribution in [3.05, 3.63) is 0 Å². The Morgan fingerprint density at radius 1 is 0.277 bits per heavy atom. The topological polar surface area (TPSA) is 237 Å². The summed E-state index contributed by atoms with van der Waals surface area (Å²) in [6.07, 6.45) is 66.5. The van der Waals surface area contributed by atoms with Crippen LogP contribution in [0.15, 0.2) is 0 Å². The molecule has 0 fully saturated rings. The van der Waals surface area contributed by atoms with E-state index in [2.05, 4.69) is 34.6 Å². The standard InChI is InChI=1S/C82H160O17P2/c1-6-10-13-16-19-22-25-27-28-29-30-31-32-33-38-43-48-53-58-63-68-82(87)99-78(72-93-80(85)66-61-56-51-46-42-37-35-34-36-40-44-49-54-59-64-75(5)9-4)74-97-101(90,91)95-70-76(83)69-94-100(88,89)96-73-77(71-92-79(84)65-60-55-50-45-39-24-21-18-15-12-8-3)98-81(86)67-62-57-52-47-41-26-23-20-17-14-11-7-2/h75-78,83H,6-74H2,1-5H3,(H,88,89)(H,90,91)/t75?,76-,77+,78+/m0/s1. The number of esters is 4. The molecule has 0 rings (SSSR count). The van der Waals surface area contributed by atoms with E-state index in [1.54, 1.807) is 0 Å². The van der Waals surface area contributed by atoms with Gasteiger partial charge in [0.25, 0.3) is 0 Å². The van der Waals surface area contributed by atoms with E-state index in [9.17, 15) is 43.2 Å². The summed E-state index contributed by atoms with van der Waals surface area (Å²) >= 11 is 0. The van der Waals surface area contributed by atoms with Crippen LogP contribution in [0.25, 0.3) is 0 Å². The van der Waals surface area contributed by atoms with Gasteiger partial charge in [-0.3, -0.25) is 37.3 Å². The van der Waals surface area contributed by atoms with Crippen LogP contribution in [-0.2, 0) is 65.4 Å². The maximum Gasteiger partial charge on any atom is 0.472 e. The fourth-order valence-corrected chi connectivity index (χ4v) is 14.3. The molecule has 0 aromatic carbocycles. The summed E-state index contributed by atoms with van der Waals surface area (Å²) in [6.45, 7) is 7.39. The fraction of sp³-hybridized carbons (Fsp3) is 0.951. The number of rotatable bonds is 82. The summed E-state index contributed by atoms with van der Waals surface area (Å²) in [4.78, 5) is 73.0. The monoisotopic (exact) mass is 1480 g/mol. The molecule has 600 valence electrons. The van der Waals surface area contributed by atoms with Gasteiger partial charge in [0, 0.05) is 25.7 Å². The first kappa shape index (κ1) is 99.1. The molecule has 3 N–H and O–H groups in total. The van der Waals surface area contributed by atoms with Crippen molar-refractivity contribution in [2.24, 2.45) is 5.92 Å². The highest BCUT2D eigenvalue weighted by Crippen LogP contribution is 2.45. The Labute approximate surface area is 619 Å². The lowest BCUT2D eigenvalue weighted by molar-refractivity contribution is -0.161. The van der Waals surface area contributed by atoms with E-state index in [0.29, 0.717) is 25.7 Å². The molecule has 6 atom stereocenters. The van der Waals surface area contributed by atoms with Gasteiger partial charge in [-0.25, -0.2) is 9.13 Å². The van der Waals surface area contributed by atoms with Gasteiger partial charge in [-0.15, -0.1) is 0 Å². The van der Waals surface area contributed by atoms with Gasteiger partial charge in [-0.1, -0.05) is 388 Å². The van der Waals surface area contributed by atoms with Crippen molar-refractivity contribution < 1.29 is 80.2 Å². The number of ether oxygens (including phenoxy) is 4. The largest absolute Gasteiger partial charge is 0.472 e. The van der Waals surface area contributed by atoms with Crippen LogP contribution in [0.1, 0.15) is 439 Å². The number of carbonyl (C=O) groups is 4. The summed E-state index contributed by atoms with van der Waals surface area (Å²) < 4.78 is 68.7. The molecule has 0 heterocycles. The van der Waals surface area contributed by atoms with Gasteiger partial charge in [-0.05, 0) is 31.6 Å². The van der Waals surface area contributed by atoms with Crippen LogP contribution in [-0.4, -0.2) is 96.7 Å². The van der Waals surface area contributed by atoms with Crippen molar-refractivity contribution >= 4 is 39.5 Å². The van der Waals surface area contributed by atoms with Gasteiger partial charge in [-0.2, -0.15) is 0 Å². The number of aliphatic hydroxyl groups excluding tert-OH is 1. The van der Waals surface area contributed by atoms with Crippen molar-refractivity contribution in [2.75, 3.05) is 39.6 Å². The van der Waals surface area contributed by atoms with Gasteiger partial charge < -0.3 is 33.8 Å². The van der Waals surface area contributed by atoms with E-state index in [1.165, 1.54) is 263 Å². The first-order valence-corrected chi connectivity index (χ1v) is 45.7. The Morgan fingerprint density at radius 2 is 0.475 bits per heavy atom. The molecular formula is C82H160O17P2. The van der Waals surface area contributed by atoms with Gasteiger partial charge >= 0.3 is 39.5 Å². The third-order valence-electron chi connectivity index (χ3n) is 19.6. The van der Waals surface area contributed by atoms with E-state index in [1.807, 2.05) is 0 Å². The molecule has 0 bridgehead atoms. The second-order valence-electron chi connectivity index (χ2n) is 29.8.